The first-order valence-electron chi connectivity index (χ1n) is 10.3. The quantitative estimate of drug-likeness (QED) is 0.877. The van der Waals surface area contributed by atoms with Crippen molar-refractivity contribution >= 4 is 16.9 Å². The highest BCUT2D eigenvalue weighted by Crippen LogP contribution is 2.18. The summed E-state index contributed by atoms with van der Waals surface area (Å²) in [5, 5.41) is 3.23. The van der Waals surface area contributed by atoms with Gasteiger partial charge in [-0.2, -0.15) is 0 Å². The van der Waals surface area contributed by atoms with Gasteiger partial charge in [0.15, 0.2) is 0 Å². The van der Waals surface area contributed by atoms with Crippen molar-refractivity contribution in [3.63, 3.8) is 0 Å². The largest absolute Gasteiger partial charge is 0.352 e. The van der Waals surface area contributed by atoms with Crippen LogP contribution in [0.25, 0.3) is 11.0 Å². The van der Waals surface area contributed by atoms with Gasteiger partial charge in [0.2, 0.25) is 5.91 Å². The van der Waals surface area contributed by atoms with Crippen LogP contribution in [0.1, 0.15) is 37.9 Å². The molecule has 1 aromatic carbocycles. The number of nitrogens with one attached hydrogen (secondary N) is 1. The van der Waals surface area contributed by atoms with Gasteiger partial charge in [-0.1, -0.05) is 31.4 Å². The molecule has 27 heavy (non-hydrogen) atoms. The zero-order chi connectivity index (χ0) is 18.6. The van der Waals surface area contributed by atoms with E-state index in [0.717, 1.165) is 56.9 Å². The molecule has 2 heterocycles. The summed E-state index contributed by atoms with van der Waals surface area (Å²) >= 11 is 0. The average molecular weight is 370 g/mol. The molecule has 6 nitrogen and oxygen atoms in total. The Labute approximate surface area is 161 Å². The molecule has 1 N–H and O–H groups in total. The van der Waals surface area contributed by atoms with Gasteiger partial charge in [-0.15, -0.1) is 0 Å². The highest BCUT2D eigenvalue weighted by Gasteiger charge is 2.22. The summed E-state index contributed by atoms with van der Waals surface area (Å²) in [6, 6.07) is 8.70. The number of fused-ring (bicyclic) bond motifs is 1. The highest BCUT2D eigenvalue weighted by atomic mass is 16.2. The fourth-order valence-corrected chi connectivity index (χ4v) is 4.37. The average Bonchev–Trinajstić information content (AvgIpc) is 3.00. The number of amides is 1. The van der Waals surface area contributed by atoms with E-state index in [9.17, 15) is 4.79 Å². The molecule has 0 unspecified atom stereocenters. The fourth-order valence-electron chi connectivity index (χ4n) is 4.37. The van der Waals surface area contributed by atoms with Gasteiger partial charge in [0.05, 0.1) is 24.1 Å². The van der Waals surface area contributed by atoms with Gasteiger partial charge in [-0.3, -0.25) is 14.6 Å². The number of aromatic nitrogens is 2. The molecule has 2 aromatic rings. The lowest BCUT2D eigenvalue weighted by Crippen LogP contribution is -2.50. The predicted molar refractivity (Wildman–Crippen MR) is 107 cm³/mol. The Morgan fingerprint density at radius 1 is 1.07 bits per heavy atom. The molecule has 2 fully saturated rings. The molecule has 0 atom stereocenters. The van der Waals surface area contributed by atoms with Crippen LogP contribution in [-0.2, 0) is 18.4 Å². The second-order valence-electron chi connectivity index (χ2n) is 8.03. The first kappa shape index (κ1) is 18.4. The van der Waals surface area contributed by atoms with E-state index in [0.29, 0.717) is 12.6 Å². The molecule has 1 amide bonds. The normalized spacial score (nSPS) is 20.2. The van der Waals surface area contributed by atoms with E-state index in [4.69, 9.17) is 4.98 Å². The van der Waals surface area contributed by atoms with Crippen molar-refractivity contribution in [3.8, 4) is 0 Å². The van der Waals surface area contributed by atoms with Crippen LogP contribution in [0, 0.1) is 0 Å². The Morgan fingerprint density at radius 2 is 1.78 bits per heavy atom. The molecule has 0 bridgehead atoms. The zero-order valence-corrected chi connectivity index (χ0v) is 16.4. The molecular weight excluding hydrogens is 338 g/mol. The van der Waals surface area contributed by atoms with E-state index in [1.165, 1.54) is 24.8 Å². The number of nitrogens with zero attached hydrogens (tertiary/aromatic N) is 4. The van der Waals surface area contributed by atoms with Crippen molar-refractivity contribution in [1.82, 2.24) is 24.7 Å². The number of para-hydroxylation sites is 2. The summed E-state index contributed by atoms with van der Waals surface area (Å²) < 4.78 is 2.19. The summed E-state index contributed by atoms with van der Waals surface area (Å²) in [5.41, 5.74) is 2.25. The van der Waals surface area contributed by atoms with Crippen molar-refractivity contribution in [1.29, 1.82) is 0 Å². The maximum atomic E-state index is 12.3. The van der Waals surface area contributed by atoms with E-state index >= 15 is 0 Å². The van der Waals surface area contributed by atoms with Crippen LogP contribution in [-0.4, -0.2) is 64.0 Å². The minimum Gasteiger partial charge on any atom is -0.352 e. The van der Waals surface area contributed by atoms with Crippen LogP contribution in [0.3, 0.4) is 0 Å². The smallest absolute Gasteiger partial charge is 0.234 e. The lowest BCUT2D eigenvalue weighted by atomic mass is 9.95. The van der Waals surface area contributed by atoms with E-state index in [-0.39, 0.29) is 5.91 Å². The molecule has 1 aliphatic carbocycles. The van der Waals surface area contributed by atoms with Crippen molar-refractivity contribution in [2.75, 3.05) is 32.7 Å². The number of rotatable bonds is 5. The number of piperazine rings is 1. The minimum absolute atomic E-state index is 0.200. The van der Waals surface area contributed by atoms with Crippen molar-refractivity contribution in [2.24, 2.45) is 7.05 Å². The van der Waals surface area contributed by atoms with Crippen LogP contribution in [0.2, 0.25) is 0 Å². The minimum atomic E-state index is 0.200. The predicted octanol–water partition coefficient (Wildman–Crippen LogP) is 2.14. The number of aryl methyl sites for hydroxylation is 1. The second kappa shape index (κ2) is 8.40. The Kier molecular flexibility index (Phi) is 5.74. The Hall–Kier alpha value is -1.92. The third kappa shape index (κ3) is 4.50. The van der Waals surface area contributed by atoms with Gasteiger partial charge >= 0.3 is 0 Å². The second-order valence-corrected chi connectivity index (χ2v) is 8.03. The Bertz CT molecular complexity index is 772. The van der Waals surface area contributed by atoms with Crippen molar-refractivity contribution < 1.29 is 4.79 Å². The van der Waals surface area contributed by atoms with E-state index < -0.39 is 0 Å². The van der Waals surface area contributed by atoms with E-state index in [2.05, 4.69) is 44.9 Å². The van der Waals surface area contributed by atoms with Crippen molar-refractivity contribution in [2.45, 2.75) is 44.7 Å². The third-order valence-electron chi connectivity index (χ3n) is 6.05. The number of carbonyl (C=O) groups excluding carboxylic acids is 1. The SMILES string of the molecule is Cn1c(CN2CCN(CC(=O)NC3CCCCC3)CC2)nc2ccccc21. The number of benzene rings is 1. The molecule has 1 aliphatic heterocycles. The maximum absolute atomic E-state index is 12.3. The van der Waals surface area contributed by atoms with Gasteiger partial charge in [0, 0.05) is 39.3 Å². The molecule has 1 saturated heterocycles. The molecule has 1 saturated carbocycles. The molecule has 0 spiro atoms. The van der Waals surface area contributed by atoms with Crippen LogP contribution in [0.4, 0.5) is 0 Å². The molecule has 1 aromatic heterocycles. The maximum Gasteiger partial charge on any atom is 0.234 e. The Morgan fingerprint density at radius 3 is 2.52 bits per heavy atom. The third-order valence-corrected chi connectivity index (χ3v) is 6.05. The zero-order valence-electron chi connectivity index (χ0n) is 16.4. The topological polar surface area (TPSA) is 53.4 Å². The fraction of sp³-hybridized carbons (Fsp3) is 0.619. The number of carbonyl (C=O) groups is 1. The Balaban J connectivity index is 1.25. The summed E-state index contributed by atoms with van der Waals surface area (Å²) in [7, 11) is 2.09. The number of hydrogen-bond donors (Lipinski definition) is 1. The molecular formula is C21H31N5O. The van der Waals surface area contributed by atoms with Gasteiger partial charge in [0.25, 0.3) is 0 Å². The number of imidazole rings is 1. The highest BCUT2D eigenvalue weighted by molar-refractivity contribution is 5.78. The monoisotopic (exact) mass is 369 g/mol. The van der Waals surface area contributed by atoms with Gasteiger partial charge in [0.1, 0.15) is 5.82 Å². The van der Waals surface area contributed by atoms with Gasteiger partial charge in [-0.05, 0) is 25.0 Å². The van der Waals surface area contributed by atoms with E-state index in [1.807, 2.05) is 6.07 Å². The van der Waals surface area contributed by atoms with Crippen LogP contribution in [0.5, 0.6) is 0 Å². The molecule has 6 heteroatoms. The number of hydrogen-bond acceptors (Lipinski definition) is 4. The molecule has 0 radical (unpaired) electrons. The van der Waals surface area contributed by atoms with Crippen LogP contribution in [0.15, 0.2) is 24.3 Å². The summed E-state index contributed by atoms with van der Waals surface area (Å²) in [6.07, 6.45) is 6.13. The first-order valence-corrected chi connectivity index (χ1v) is 10.3. The van der Waals surface area contributed by atoms with Crippen LogP contribution < -0.4 is 5.32 Å². The lowest BCUT2D eigenvalue weighted by molar-refractivity contribution is -0.123. The van der Waals surface area contributed by atoms with Crippen LogP contribution >= 0.6 is 0 Å². The standard InChI is InChI=1S/C21H31N5O/c1-24-19-10-6-5-9-18(19)23-20(24)15-25-11-13-26(14-12-25)16-21(27)22-17-7-3-2-4-8-17/h5-6,9-10,17H,2-4,7-8,11-16H2,1H3,(H,22,27). The first-order chi connectivity index (χ1) is 13.2. The summed E-state index contributed by atoms with van der Waals surface area (Å²) in [4.78, 5) is 21.8. The van der Waals surface area contributed by atoms with Crippen molar-refractivity contribution in [3.05, 3.63) is 30.1 Å². The summed E-state index contributed by atoms with van der Waals surface area (Å²) in [5.74, 6) is 1.31. The summed E-state index contributed by atoms with van der Waals surface area (Å²) in [6.45, 7) is 5.27. The van der Waals surface area contributed by atoms with Gasteiger partial charge in [-0.25, -0.2) is 4.98 Å². The lowest BCUT2D eigenvalue weighted by Gasteiger charge is -2.34. The van der Waals surface area contributed by atoms with Gasteiger partial charge < -0.3 is 9.88 Å². The van der Waals surface area contributed by atoms with E-state index in [1.54, 1.807) is 0 Å². The molecule has 2 aliphatic rings. The molecule has 4 rings (SSSR count). The molecule has 146 valence electrons.